The molecular formula is C16H16INO5S. The lowest BCUT2D eigenvalue weighted by atomic mass is 10.2. The van der Waals surface area contributed by atoms with E-state index in [0.717, 1.165) is 3.57 Å². The van der Waals surface area contributed by atoms with Crippen molar-refractivity contribution in [1.29, 1.82) is 0 Å². The Morgan fingerprint density at radius 3 is 2.42 bits per heavy atom. The zero-order valence-electron chi connectivity index (χ0n) is 13.1. The van der Waals surface area contributed by atoms with Crippen molar-refractivity contribution in [2.24, 2.45) is 0 Å². The number of ether oxygens (including phenoxy) is 2. The third-order valence-corrected chi connectivity index (χ3v) is 5.22. The smallest absolute Gasteiger partial charge is 0.343 e. The fourth-order valence-corrected chi connectivity index (χ4v) is 3.38. The van der Waals surface area contributed by atoms with Crippen molar-refractivity contribution in [3.05, 3.63) is 51.6 Å². The third-order valence-electron chi connectivity index (χ3n) is 3.13. The van der Waals surface area contributed by atoms with E-state index < -0.39 is 16.0 Å². The topological polar surface area (TPSA) is 81.7 Å². The van der Waals surface area contributed by atoms with Crippen LogP contribution in [-0.4, -0.2) is 28.1 Å². The number of sulfonamides is 1. The van der Waals surface area contributed by atoms with E-state index in [-0.39, 0.29) is 11.5 Å². The van der Waals surface area contributed by atoms with Crippen LogP contribution in [0.3, 0.4) is 0 Å². The highest BCUT2D eigenvalue weighted by Gasteiger charge is 2.16. The lowest BCUT2D eigenvalue weighted by Crippen LogP contribution is -2.15. The first-order valence-electron chi connectivity index (χ1n) is 6.90. The van der Waals surface area contributed by atoms with Gasteiger partial charge in [-0.1, -0.05) is 0 Å². The summed E-state index contributed by atoms with van der Waals surface area (Å²) in [6.07, 6.45) is 0. The second-order valence-corrected chi connectivity index (χ2v) is 7.83. The molecule has 0 amide bonds. The van der Waals surface area contributed by atoms with Crippen molar-refractivity contribution in [1.82, 2.24) is 0 Å². The van der Waals surface area contributed by atoms with Gasteiger partial charge in [0.1, 0.15) is 5.75 Å². The van der Waals surface area contributed by atoms with E-state index in [9.17, 15) is 13.2 Å². The second kappa shape index (κ2) is 7.84. The van der Waals surface area contributed by atoms with Crippen molar-refractivity contribution in [3.63, 3.8) is 0 Å². The van der Waals surface area contributed by atoms with Gasteiger partial charge in [-0.3, -0.25) is 4.72 Å². The zero-order chi connectivity index (χ0) is 17.7. The van der Waals surface area contributed by atoms with Gasteiger partial charge in [-0.2, -0.15) is 0 Å². The van der Waals surface area contributed by atoms with Gasteiger partial charge < -0.3 is 9.47 Å². The van der Waals surface area contributed by atoms with Gasteiger partial charge in [0.05, 0.1) is 12.0 Å². The summed E-state index contributed by atoms with van der Waals surface area (Å²) < 4.78 is 38.2. The Hall–Kier alpha value is -1.81. The van der Waals surface area contributed by atoms with Gasteiger partial charge in [0.2, 0.25) is 0 Å². The van der Waals surface area contributed by atoms with Gasteiger partial charge in [0, 0.05) is 9.26 Å². The molecule has 128 valence electrons. The number of rotatable bonds is 6. The summed E-state index contributed by atoms with van der Waals surface area (Å²) in [5, 5.41) is 0. The molecule has 0 saturated carbocycles. The van der Waals surface area contributed by atoms with E-state index in [1.807, 2.05) is 12.1 Å². The van der Waals surface area contributed by atoms with E-state index in [2.05, 4.69) is 32.0 Å². The predicted molar refractivity (Wildman–Crippen MR) is 98.7 cm³/mol. The summed E-state index contributed by atoms with van der Waals surface area (Å²) in [6.45, 7) is 1.47. The Kier molecular flexibility index (Phi) is 6.05. The fraction of sp³-hybridized carbons (Fsp3) is 0.188. The van der Waals surface area contributed by atoms with Gasteiger partial charge in [-0.25, -0.2) is 13.2 Å². The maximum Gasteiger partial charge on any atom is 0.343 e. The SMILES string of the molecule is COC(=O)COc1ccc(S(=O)(=O)Nc2ccc(I)cc2)cc1C. The number of hydrogen-bond donors (Lipinski definition) is 1. The maximum absolute atomic E-state index is 12.4. The minimum Gasteiger partial charge on any atom is -0.482 e. The molecule has 6 nitrogen and oxygen atoms in total. The van der Waals surface area contributed by atoms with Crippen LogP contribution in [0.5, 0.6) is 5.75 Å². The molecule has 2 aromatic carbocycles. The molecule has 2 rings (SSSR count). The monoisotopic (exact) mass is 461 g/mol. The standard InChI is InChI=1S/C16H16INO5S/c1-11-9-14(7-8-15(11)23-10-16(19)22-2)24(20,21)18-13-5-3-12(17)4-6-13/h3-9,18H,10H2,1-2H3. The van der Waals surface area contributed by atoms with Crippen molar-refractivity contribution in [3.8, 4) is 5.75 Å². The number of nitrogens with one attached hydrogen (secondary N) is 1. The average molecular weight is 461 g/mol. The van der Waals surface area contributed by atoms with Crippen LogP contribution in [0.1, 0.15) is 5.56 Å². The molecule has 0 radical (unpaired) electrons. The Labute approximate surface area is 154 Å². The van der Waals surface area contributed by atoms with Crippen molar-refractivity contribution >= 4 is 44.3 Å². The van der Waals surface area contributed by atoms with Gasteiger partial charge >= 0.3 is 5.97 Å². The van der Waals surface area contributed by atoms with Crippen LogP contribution in [0.4, 0.5) is 5.69 Å². The highest BCUT2D eigenvalue weighted by Crippen LogP contribution is 2.24. The fourth-order valence-electron chi connectivity index (χ4n) is 1.88. The third kappa shape index (κ3) is 4.84. The Morgan fingerprint density at radius 2 is 1.83 bits per heavy atom. The number of hydrogen-bond acceptors (Lipinski definition) is 5. The van der Waals surface area contributed by atoms with Crippen LogP contribution in [0, 0.1) is 10.5 Å². The highest BCUT2D eigenvalue weighted by molar-refractivity contribution is 14.1. The molecule has 0 fully saturated rings. The molecule has 0 aliphatic rings. The molecule has 0 bridgehead atoms. The van der Waals surface area contributed by atoms with Crippen molar-refractivity contribution < 1.29 is 22.7 Å². The molecule has 2 aromatic rings. The van der Waals surface area contributed by atoms with Gasteiger partial charge in [0.25, 0.3) is 10.0 Å². The van der Waals surface area contributed by atoms with Crippen LogP contribution in [0.25, 0.3) is 0 Å². The van der Waals surface area contributed by atoms with Crippen molar-refractivity contribution in [2.75, 3.05) is 18.4 Å². The number of methoxy groups -OCH3 is 1. The first-order valence-corrected chi connectivity index (χ1v) is 9.46. The quantitative estimate of drug-likeness (QED) is 0.529. The molecule has 0 atom stereocenters. The molecule has 0 spiro atoms. The summed E-state index contributed by atoms with van der Waals surface area (Å²) in [4.78, 5) is 11.2. The number of benzene rings is 2. The van der Waals surface area contributed by atoms with Crippen LogP contribution in [-0.2, 0) is 19.6 Å². The first-order chi connectivity index (χ1) is 11.3. The zero-order valence-corrected chi connectivity index (χ0v) is 16.1. The van der Waals surface area contributed by atoms with Gasteiger partial charge in [-0.15, -0.1) is 0 Å². The van der Waals surface area contributed by atoms with Crippen LogP contribution < -0.4 is 9.46 Å². The lowest BCUT2D eigenvalue weighted by molar-refractivity contribution is -0.142. The minimum atomic E-state index is -3.70. The predicted octanol–water partition coefficient (Wildman–Crippen LogP) is 2.95. The Morgan fingerprint density at radius 1 is 1.17 bits per heavy atom. The lowest BCUT2D eigenvalue weighted by Gasteiger charge is -2.12. The molecule has 24 heavy (non-hydrogen) atoms. The molecule has 0 aliphatic carbocycles. The largest absolute Gasteiger partial charge is 0.482 e. The average Bonchev–Trinajstić information content (AvgIpc) is 2.55. The van der Waals surface area contributed by atoms with E-state index >= 15 is 0 Å². The summed E-state index contributed by atoms with van der Waals surface area (Å²) in [5.74, 6) is -0.0833. The highest BCUT2D eigenvalue weighted by atomic mass is 127. The molecule has 1 N–H and O–H groups in total. The second-order valence-electron chi connectivity index (χ2n) is 4.90. The van der Waals surface area contributed by atoms with E-state index in [1.54, 1.807) is 19.1 Å². The van der Waals surface area contributed by atoms with E-state index in [4.69, 9.17) is 4.74 Å². The molecule has 0 unspecified atom stereocenters. The van der Waals surface area contributed by atoms with Crippen LogP contribution in [0.2, 0.25) is 0 Å². The molecule has 0 heterocycles. The van der Waals surface area contributed by atoms with Gasteiger partial charge in [-0.05, 0) is 77.5 Å². The number of halogens is 1. The molecule has 0 saturated heterocycles. The van der Waals surface area contributed by atoms with Crippen LogP contribution in [0.15, 0.2) is 47.4 Å². The van der Waals surface area contributed by atoms with E-state index in [1.165, 1.54) is 25.3 Å². The number of carbonyl (C=O) groups is 1. The van der Waals surface area contributed by atoms with Crippen LogP contribution >= 0.6 is 22.6 Å². The molecular weight excluding hydrogens is 445 g/mol. The Bertz CT molecular complexity index is 834. The van der Waals surface area contributed by atoms with Gasteiger partial charge in [0.15, 0.2) is 6.61 Å². The summed E-state index contributed by atoms with van der Waals surface area (Å²) in [7, 11) is -2.43. The molecule has 0 aromatic heterocycles. The van der Waals surface area contributed by atoms with E-state index in [0.29, 0.717) is 17.0 Å². The maximum atomic E-state index is 12.4. The number of carbonyl (C=O) groups excluding carboxylic acids is 1. The number of esters is 1. The molecule has 8 heteroatoms. The first kappa shape index (κ1) is 18.5. The minimum absolute atomic E-state index is 0.115. The summed E-state index contributed by atoms with van der Waals surface area (Å²) >= 11 is 2.14. The van der Waals surface area contributed by atoms with Crippen molar-refractivity contribution in [2.45, 2.75) is 11.8 Å². The number of anilines is 1. The normalized spacial score (nSPS) is 11.0. The Balaban J connectivity index is 2.17. The summed E-state index contributed by atoms with van der Waals surface area (Å²) in [6, 6.07) is 11.4. The summed E-state index contributed by atoms with van der Waals surface area (Å²) in [5.41, 5.74) is 1.09. The molecule has 0 aliphatic heterocycles. The number of aryl methyl sites for hydroxylation is 1.